The lowest BCUT2D eigenvalue weighted by atomic mass is 10.3. The standard InChI is InChI=1S/C24H26ClN3O6S2/c1-32-20-9-7-17(25)14-19(20)28(16-23(29)26-12-13-35-24-6-4-5-11-27-24)36(30,31)18-8-10-21(33-2)22(15-18)34-3/h4-11,14-15H,12-13,16H2,1-3H3,(H,26,29). The Labute approximate surface area is 219 Å². The van der Waals surface area contributed by atoms with Gasteiger partial charge in [-0.3, -0.25) is 9.10 Å². The highest BCUT2D eigenvalue weighted by Crippen LogP contribution is 2.36. The second-order valence-electron chi connectivity index (χ2n) is 7.21. The van der Waals surface area contributed by atoms with Gasteiger partial charge in [-0.1, -0.05) is 17.7 Å². The van der Waals surface area contributed by atoms with E-state index < -0.39 is 22.5 Å². The smallest absolute Gasteiger partial charge is 0.265 e. The summed E-state index contributed by atoms with van der Waals surface area (Å²) in [7, 11) is 0.0143. The van der Waals surface area contributed by atoms with E-state index in [-0.39, 0.29) is 27.1 Å². The van der Waals surface area contributed by atoms with Crippen LogP contribution in [0.4, 0.5) is 5.69 Å². The molecule has 0 saturated heterocycles. The van der Waals surface area contributed by atoms with Gasteiger partial charge in [0, 0.05) is 29.6 Å². The average Bonchev–Trinajstić information content (AvgIpc) is 2.89. The summed E-state index contributed by atoms with van der Waals surface area (Å²) in [5.74, 6) is 0.898. The predicted molar refractivity (Wildman–Crippen MR) is 140 cm³/mol. The summed E-state index contributed by atoms with van der Waals surface area (Å²) in [6.45, 7) is -0.182. The zero-order chi connectivity index (χ0) is 26.1. The second kappa shape index (κ2) is 12.7. The van der Waals surface area contributed by atoms with E-state index in [1.807, 2.05) is 18.2 Å². The van der Waals surface area contributed by atoms with E-state index in [0.29, 0.717) is 18.0 Å². The number of carbonyl (C=O) groups is 1. The van der Waals surface area contributed by atoms with Crippen molar-refractivity contribution in [3.05, 3.63) is 65.8 Å². The molecule has 1 aromatic heterocycles. The van der Waals surface area contributed by atoms with Crippen LogP contribution in [-0.4, -0.2) is 59.5 Å². The van der Waals surface area contributed by atoms with Gasteiger partial charge in [0.25, 0.3) is 10.0 Å². The van der Waals surface area contributed by atoms with E-state index in [2.05, 4.69) is 10.3 Å². The maximum absolute atomic E-state index is 13.8. The number of nitrogens with zero attached hydrogens (tertiary/aromatic N) is 2. The Morgan fingerprint density at radius 1 is 1.00 bits per heavy atom. The monoisotopic (exact) mass is 551 g/mol. The number of hydrogen-bond acceptors (Lipinski definition) is 8. The Kier molecular flexibility index (Phi) is 9.68. The Bertz CT molecular complexity index is 1290. The van der Waals surface area contributed by atoms with E-state index in [1.165, 1.54) is 63.4 Å². The number of sulfonamides is 1. The molecule has 0 unspecified atom stereocenters. The van der Waals surface area contributed by atoms with Gasteiger partial charge in [-0.25, -0.2) is 13.4 Å². The molecule has 0 saturated carbocycles. The van der Waals surface area contributed by atoms with Crippen LogP contribution in [0.2, 0.25) is 5.02 Å². The third-order valence-corrected chi connectivity index (χ3v) is 7.89. The number of halogens is 1. The highest BCUT2D eigenvalue weighted by Gasteiger charge is 2.30. The lowest BCUT2D eigenvalue weighted by molar-refractivity contribution is -0.119. The molecular weight excluding hydrogens is 526 g/mol. The molecule has 3 rings (SSSR count). The molecule has 1 N–H and O–H groups in total. The van der Waals surface area contributed by atoms with Crippen LogP contribution >= 0.6 is 23.4 Å². The topological polar surface area (TPSA) is 107 Å². The lowest BCUT2D eigenvalue weighted by Crippen LogP contribution is -2.41. The Hall–Kier alpha value is -3.15. The van der Waals surface area contributed by atoms with Crippen LogP contribution in [0.5, 0.6) is 17.2 Å². The number of aromatic nitrogens is 1. The molecule has 0 spiro atoms. The number of methoxy groups -OCH3 is 3. The number of benzene rings is 2. The van der Waals surface area contributed by atoms with Gasteiger partial charge in [-0.2, -0.15) is 0 Å². The van der Waals surface area contributed by atoms with Crippen molar-refractivity contribution in [2.24, 2.45) is 0 Å². The Balaban J connectivity index is 1.87. The van der Waals surface area contributed by atoms with E-state index in [4.69, 9.17) is 25.8 Å². The van der Waals surface area contributed by atoms with Gasteiger partial charge in [0.1, 0.15) is 12.3 Å². The van der Waals surface area contributed by atoms with Crippen LogP contribution in [-0.2, 0) is 14.8 Å². The summed E-state index contributed by atoms with van der Waals surface area (Å²) in [6, 6.07) is 14.3. The van der Waals surface area contributed by atoms with Crippen LogP contribution in [0.25, 0.3) is 0 Å². The molecule has 0 aliphatic carbocycles. The average molecular weight is 552 g/mol. The number of carbonyl (C=O) groups excluding carboxylic acids is 1. The summed E-state index contributed by atoms with van der Waals surface area (Å²) >= 11 is 7.65. The summed E-state index contributed by atoms with van der Waals surface area (Å²) in [5.41, 5.74) is 0.123. The van der Waals surface area contributed by atoms with Crippen LogP contribution in [0.3, 0.4) is 0 Å². The third kappa shape index (κ3) is 6.74. The van der Waals surface area contributed by atoms with Crippen molar-refractivity contribution in [2.75, 3.05) is 44.5 Å². The van der Waals surface area contributed by atoms with E-state index in [9.17, 15) is 13.2 Å². The number of ether oxygens (including phenoxy) is 3. The Morgan fingerprint density at radius 3 is 2.39 bits per heavy atom. The van der Waals surface area contributed by atoms with Crippen molar-refractivity contribution in [1.82, 2.24) is 10.3 Å². The molecule has 0 bridgehead atoms. The highest BCUT2D eigenvalue weighted by atomic mass is 35.5. The third-order valence-electron chi connectivity index (χ3n) is 4.95. The van der Waals surface area contributed by atoms with Gasteiger partial charge in [0.15, 0.2) is 11.5 Å². The van der Waals surface area contributed by atoms with Crippen molar-refractivity contribution in [3.63, 3.8) is 0 Å². The van der Waals surface area contributed by atoms with Gasteiger partial charge >= 0.3 is 0 Å². The number of pyridine rings is 1. The molecule has 0 radical (unpaired) electrons. The van der Waals surface area contributed by atoms with Crippen LogP contribution in [0, 0.1) is 0 Å². The molecule has 36 heavy (non-hydrogen) atoms. The van der Waals surface area contributed by atoms with Crippen LogP contribution in [0.1, 0.15) is 0 Å². The number of amides is 1. The molecular formula is C24H26ClN3O6S2. The van der Waals surface area contributed by atoms with Crippen LogP contribution in [0.15, 0.2) is 70.7 Å². The number of anilines is 1. The molecule has 9 nitrogen and oxygen atoms in total. The minimum atomic E-state index is -4.25. The SMILES string of the molecule is COc1ccc(S(=O)(=O)N(CC(=O)NCCSc2ccccn2)c2cc(Cl)ccc2OC)cc1OC. The predicted octanol–water partition coefficient (Wildman–Crippen LogP) is 3.86. The lowest BCUT2D eigenvalue weighted by Gasteiger charge is -2.26. The van der Waals surface area contributed by atoms with E-state index >= 15 is 0 Å². The van der Waals surface area contributed by atoms with Gasteiger partial charge < -0.3 is 19.5 Å². The highest BCUT2D eigenvalue weighted by molar-refractivity contribution is 7.99. The summed E-state index contributed by atoms with van der Waals surface area (Å²) < 4.78 is 44.3. The maximum Gasteiger partial charge on any atom is 0.265 e. The van der Waals surface area contributed by atoms with Crippen LogP contribution < -0.4 is 23.8 Å². The van der Waals surface area contributed by atoms with Crippen molar-refractivity contribution < 1.29 is 27.4 Å². The van der Waals surface area contributed by atoms with Crippen molar-refractivity contribution in [3.8, 4) is 17.2 Å². The van der Waals surface area contributed by atoms with E-state index in [0.717, 1.165) is 9.33 Å². The first kappa shape index (κ1) is 27.4. The molecule has 1 heterocycles. The van der Waals surface area contributed by atoms with Gasteiger partial charge in [-0.15, -0.1) is 11.8 Å². The normalized spacial score (nSPS) is 11.0. The molecule has 3 aromatic rings. The molecule has 1 amide bonds. The zero-order valence-corrected chi connectivity index (χ0v) is 22.3. The first-order valence-electron chi connectivity index (χ1n) is 10.7. The summed E-state index contributed by atoms with van der Waals surface area (Å²) in [5, 5.41) is 3.87. The van der Waals surface area contributed by atoms with Gasteiger partial charge in [0.05, 0.1) is 36.9 Å². The largest absolute Gasteiger partial charge is 0.495 e. The second-order valence-corrected chi connectivity index (χ2v) is 10.6. The molecule has 0 atom stereocenters. The van der Waals surface area contributed by atoms with Crippen molar-refractivity contribution in [1.29, 1.82) is 0 Å². The van der Waals surface area contributed by atoms with Crippen molar-refractivity contribution >= 4 is 45.0 Å². The molecule has 0 aliphatic heterocycles. The fourth-order valence-electron chi connectivity index (χ4n) is 3.23. The number of hydrogen-bond donors (Lipinski definition) is 1. The molecule has 12 heteroatoms. The van der Waals surface area contributed by atoms with Gasteiger partial charge in [0.2, 0.25) is 5.91 Å². The summed E-state index contributed by atoms with van der Waals surface area (Å²) in [6.07, 6.45) is 1.69. The molecule has 2 aromatic carbocycles. The first-order valence-corrected chi connectivity index (χ1v) is 13.5. The summed E-state index contributed by atoms with van der Waals surface area (Å²) in [4.78, 5) is 17.0. The maximum atomic E-state index is 13.8. The minimum absolute atomic E-state index is 0.0966. The number of nitrogens with one attached hydrogen (secondary N) is 1. The fraction of sp³-hybridized carbons (Fsp3) is 0.250. The fourth-order valence-corrected chi connectivity index (χ4v) is 5.56. The minimum Gasteiger partial charge on any atom is -0.495 e. The van der Waals surface area contributed by atoms with Crippen molar-refractivity contribution in [2.45, 2.75) is 9.92 Å². The Morgan fingerprint density at radius 2 is 1.72 bits per heavy atom. The number of rotatable bonds is 12. The molecule has 0 aliphatic rings. The zero-order valence-electron chi connectivity index (χ0n) is 19.9. The first-order chi connectivity index (χ1) is 17.3. The van der Waals surface area contributed by atoms with Gasteiger partial charge in [-0.05, 0) is 42.5 Å². The molecule has 0 fully saturated rings. The number of thioether (sulfide) groups is 1. The van der Waals surface area contributed by atoms with E-state index in [1.54, 1.807) is 12.3 Å². The quantitative estimate of drug-likeness (QED) is 0.267. The molecule has 192 valence electrons.